The second-order valence-electron chi connectivity index (χ2n) is 9.05. The molecule has 0 aliphatic carbocycles. The number of hydrogen-bond donors (Lipinski definition) is 3. The zero-order chi connectivity index (χ0) is 26.6. The number of amides is 1. The molecule has 5 atom stereocenters. The minimum Gasteiger partial charge on any atom is -0.463 e. The third kappa shape index (κ3) is 6.46. The molecule has 1 amide bonds. The van der Waals surface area contributed by atoms with Gasteiger partial charge in [0.1, 0.15) is 30.1 Å². The first-order valence-electron chi connectivity index (χ1n) is 12.1. The van der Waals surface area contributed by atoms with E-state index in [1.807, 2.05) is 44.2 Å². The van der Waals surface area contributed by atoms with E-state index in [2.05, 4.69) is 5.32 Å². The number of aliphatic hydroxyl groups excluding tert-OH is 2. The lowest BCUT2D eigenvalue weighted by atomic mass is 9.96. The first kappa shape index (κ1) is 27.0. The Morgan fingerprint density at radius 3 is 2.41 bits per heavy atom. The minimum atomic E-state index is -4.14. The Labute approximate surface area is 216 Å². The van der Waals surface area contributed by atoms with Crippen molar-refractivity contribution in [2.75, 3.05) is 6.61 Å². The van der Waals surface area contributed by atoms with Gasteiger partial charge in [-0.1, -0.05) is 55.0 Å². The van der Waals surface area contributed by atoms with E-state index in [0.717, 1.165) is 16.3 Å². The normalized spacial score (nSPS) is 24.1. The Morgan fingerprint density at radius 2 is 1.70 bits per heavy atom. The molecule has 37 heavy (non-hydrogen) atoms. The largest absolute Gasteiger partial charge is 0.463 e. The maximum absolute atomic E-state index is 12.6. The lowest BCUT2D eigenvalue weighted by molar-refractivity contribution is -0.242. The summed E-state index contributed by atoms with van der Waals surface area (Å²) in [4.78, 5) is 12.3. The topological polar surface area (TPSA) is 131 Å². The number of aryl methyl sites for hydroxylation is 1. The van der Waals surface area contributed by atoms with Gasteiger partial charge in [0.15, 0.2) is 0 Å². The molecule has 1 saturated heterocycles. The van der Waals surface area contributed by atoms with Crippen LogP contribution in [0.4, 0.5) is 0 Å². The lowest BCUT2D eigenvalue weighted by Crippen LogP contribution is -2.65. The van der Waals surface area contributed by atoms with Crippen molar-refractivity contribution in [2.45, 2.75) is 62.2 Å². The monoisotopic (exact) mass is 529 g/mol. The smallest absolute Gasteiger partial charge is 0.297 e. The maximum Gasteiger partial charge on any atom is 0.297 e. The molecule has 9 nitrogen and oxygen atoms in total. The highest BCUT2D eigenvalue weighted by Gasteiger charge is 2.47. The van der Waals surface area contributed by atoms with Gasteiger partial charge in [0.05, 0.1) is 11.5 Å². The number of ether oxygens (including phenoxy) is 2. The number of hydrogen-bond acceptors (Lipinski definition) is 8. The highest BCUT2D eigenvalue weighted by atomic mass is 32.2. The average molecular weight is 530 g/mol. The second-order valence-corrected chi connectivity index (χ2v) is 10.7. The predicted molar refractivity (Wildman–Crippen MR) is 136 cm³/mol. The molecule has 4 rings (SSSR count). The van der Waals surface area contributed by atoms with Gasteiger partial charge in [-0.15, -0.1) is 0 Å². The molecule has 0 aromatic heterocycles. The van der Waals surface area contributed by atoms with Gasteiger partial charge in [-0.05, 0) is 48.4 Å². The number of carbonyl (C=O) groups excluding carboxylic acids is 1. The van der Waals surface area contributed by atoms with E-state index < -0.39 is 47.4 Å². The van der Waals surface area contributed by atoms with Crippen molar-refractivity contribution in [3.05, 3.63) is 72.3 Å². The number of benzene rings is 3. The van der Waals surface area contributed by atoms with Crippen LogP contribution in [0.3, 0.4) is 0 Å². The Balaban J connectivity index is 1.54. The van der Waals surface area contributed by atoms with Gasteiger partial charge in [0.2, 0.25) is 12.2 Å². The van der Waals surface area contributed by atoms with E-state index in [-0.39, 0.29) is 17.2 Å². The third-order valence-corrected chi connectivity index (χ3v) is 7.47. The number of nitrogens with one attached hydrogen (secondary N) is 1. The van der Waals surface area contributed by atoms with E-state index in [0.29, 0.717) is 12.2 Å². The SMILES string of the molecule is CCCC(=O)N[C@H]1[C@H](Oc2ccc3ccccc3c2)O[C@H](COS(=O)(=O)c2ccc(C)cc2)[C@@H](O)[C@@H]1O. The van der Waals surface area contributed by atoms with E-state index in [1.54, 1.807) is 24.3 Å². The van der Waals surface area contributed by atoms with E-state index in [1.165, 1.54) is 12.1 Å². The van der Waals surface area contributed by atoms with Crippen LogP contribution in [0, 0.1) is 6.92 Å². The van der Waals surface area contributed by atoms with Crippen LogP contribution in [0.15, 0.2) is 71.6 Å². The summed E-state index contributed by atoms with van der Waals surface area (Å²) in [5, 5.41) is 26.2. The fourth-order valence-electron chi connectivity index (χ4n) is 4.11. The molecule has 1 heterocycles. The lowest BCUT2D eigenvalue weighted by Gasteiger charge is -2.42. The fraction of sp³-hybridized carbons (Fsp3) is 0.370. The highest BCUT2D eigenvalue weighted by molar-refractivity contribution is 7.86. The van der Waals surface area contributed by atoms with Gasteiger partial charge in [-0.2, -0.15) is 8.42 Å². The molecule has 0 radical (unpaired) electrons. The van der Waals surface area contributed by atoms with E-state index in [4.69, 9.17) is 13.7 Å². The summed E-state index contributed by atoms with van der Waals surface area (Å²) in [5.74, 6) is 0.0695. The summed E-state index contributed by atoms with van der Waals surface area (Å²) in [6.45, 7) is 3.10. The van der Waals surface area contributed by atoms with Crippen molar-refractivity contribution in [1.29, 1.82) is 0 Å². The van der Waals surface area contributed by atoms with E-state index in [9.17, 15) is 23.4 Å². The van der Waals surface area contributed by atoms with Gasteiger partial charge in [0, 0.05) is 6.42 Å². The van der Waals surface area contributed by atoms with E-state index >= 15 is 0 Å². The summed E-state index contributed by atoms with van der Waals surface area (Å²) >= 11 is 0. The number of rotatable bonds is 9. The highest BCUT2D eigenvalue weighted by Crippen LogP contribution is 2.28. The van der Waals surface area contributed by atoms with Crippen molar-refractivity contribution in [3.63, 3.8) is 0 Å². The molecule has 3 aromatic rings. The molecule has 0 bridgehead atoms. The van der Waals surface area contributed by atoms with Crippen LogP contribution in [0.2, 0.25) is 0 Å². The van der Waals surface area contributed by atoms with Crippen LogP contribution in [-0.2, 0) is 23.8 Å². The van der Waals surface area contributed by atoms with Crippen LogP contribution in [-0.4, -0.2) is 61.8 Å². The Bertz CT molecular complexity index is 1330. The molecule has 198 valence electrons. The second kappa shape index (κ2) is 11.6. The van der Waals surface area contributed by atoms with Crippen LogP contribution in [0.25, 0.3) is 10.8 Å². The van der Waals surface area contributed by atoms with Gasteiger partial charge < -0.3 is 25.0 Å². The minimum absolute atomic E-state index is 0.0439. The van der Waals surface area contributed by atoms with Crippen molar-refractivity contribution in [3.8, 4) is 5.75 Å². The maximum atomic E-state index is 12.6. The summed E-state index contributed by atoms with van der Waals surface area (Å²) in [6.07, 6.45) is -4.73. The Morgan fingerprint density at radius 1 is 1.00 bits per heavy atom. The molecule has 0 spiro atoms. The quantitative estimate of drug-likeness (QED) is 0.361. The molecule has 3 N–H and O–H groups in total. The molecular weight excluding hydrogens is 498 g/mol. The predicted octanol–water partition coefficient (Wildman–Crippen LogP) is 2.66. The summed E-state index contributed by atoms with van der Waals surface area (Å²) in [7, 11) is -4.14. The summed E-state index contributed by atoms with van der Waals surface area (Å²) in [6, 6.07) is 18.1. The number of fused-ring (bicyclic) bond motifs is 1. The summed E-state index contributed by atoms with van der Waals surface area (Å²) < 4.78 is 42.4. The molecule has 1 fully saturated rings. The molecular formula is C27H31NO8S. The number of aliphatic hydroxyl groups is 2. The Kier molecular flexibility index (Phi) is 8.46. The van der Waals surface area contributed by atoms with Crippen LogP contribution in [0.1, 0.15) is 25.3 Å². The van der Waals surface area contributed by atoms with Crippen LogP contribution in [0.5, 0.6) is 5.75 Å². The van der Waals surface area contributed by atoms with Crippen molar-refractivity contribution >= 4 is 26.8 Å². The first-order chi connectivity index (χ1) is 17.7. The number of carbonyl (C=O) groups is 1. The van der Waals surface area contributed by atoms with Gasteiger partial charge in [-0.3, -0.25) is 8.98 Å². The molecule has 0 saturated carbocycles. The van der Waals surface area contributed by atoms with Gasteiger partial charge in [-0.25, -0.2) is 0 Å². The van der Waals surface area contributed by atoms with Crippen LogP contribution >= 0.6 is 0 Å². The van der Waals surface area contributed by atoms with Crippen LogP contribution < -0.4 is 10.1 Å². The zero-order valence-electron chi connectivity index (χ0n) is 20.6. The zero-order valence-corrected chi connectivity index (χ0v) is 21.4. The third-order valence-electron chi connectivity index (χ3n) is 6.18. The van der Waals surface area contributed by atoms with Crippen molar-refractivity contribution in [1.82, 2.24) is 5.32 Å². The molecule has 1 aliphatic heterocycles. The fourth-order valence-corrected chi connectivity index (χ4v) is 5.03. The van der Waals surface area contributed by atoms with Gasteiger partial charge in [0.25, 0.3) is 10.1 Å². The molecule has 1 aliphatic rings. The standard InChI is InChI=1S/C27H31NO8S/c1-3-6-23(29)28-24-26(31)25(30)22(16-34-37(32,33)21-13-9-17(2)10-14-21)36-27(24)35-20-12-11-18-7-4-5-8-19(18)15-20/h4-5,7-15,22,24-27,30-31H,3,6,16H2,1-2H3,(H,28,29)/t22-,24-,25-,26-,27-/m1/s1. The van der Waals surface area contributed by atoms with Gasteiger partial charge >= 0.3 is 0 Å². The summed E-state index contributed by atoms with van der Waals surface area (Å²) in [5.41, 5.74) is 0.887. The average Bonchev–Trinajstić information content (AvgIpc) is 2.88. The first-order valence-corrected chi connectivity index (χ1v) is 13.5. The molecule has 0 unspecified atom stereocenters. The molecule has 10 heteroatoms. The molecule has 3 aromatic carbocycles. The Hall–Kier alpha value is -3.02. The van der Waals surface area contributed by atoms with Crippen molar-refractivity contribution < 1.29 is 37.1 Å². The van der Waals surface area contributed by atoms with Crippen molar-refractivity contribution in [2.24, 2.45) is 0 Å².